The molecule has 0 bridgehead atoms. The Morgan fingerprint density at radius 3 is 2.81 bits per heavy atom. The van der Waals surface area contributed by atoms with Gasteiger partial charge in [0.05, 0.1) is 0 Å². The zero-order valence-electron chi connectivity index (χ0n) is 11.9. The van der Waals surface area contributed by atoms with E-state index in [1.165, 1.54) is 5.56 Å². The second-order valence-electron chi connectivity index (χ2n) is 4.51. The van der Waals surface area contributed by atoms with Gasteiger partial charge in [0.25, 0.3) is 0 Å². The standard InChI is InChI=1S/C17H17NO2S/c1-14-12-21-13-16(14)9-5-6-10-18-17(19)20-11-15-7-3-2-4-8-15/h2-4,7-8,12-13H,6,10-11H2,1H3,(H,18,19). The summed E-state index contributed by atoms with van der Waals surface area (Å²) in [4.78, 5) is 11.5. The lowest BCUT2D eigenvalue weighted by Crippen LogP contribution is -2.24. The molecule has 0 aliphatic carbocycles. The zero-order valence-corrected chi connectivity index (χ0v) is 12.7. The number of rotatable bonds is 4. The van der Waals surface area contributed by atoms with Crippen molar-refractivity contribution in [2.24, 2.45) is 0 Å². The summed E-state index contributed by atoms with van der Waals surface area (Å²) in [5.41, 5.74) is 3.23. The van der Waals surface area contributed by atoms with Gasteiger partial charge in [0, 0.05) is 23.9 Å². The third-order valence-electron chi connectivity index (χ3n) is 2.81. The Morgan fingerprint density at radius 2 is 2.10 bits per heavy atom. The fourth-order valence-corrected chi connectivity index (χ4v) is 2.43. The van der Waals surface area contributed by atoms with E-state index in [0.717, 1.165) is 11.1 Å². The van der Waals surface area contributed by atoms with Crippen molar-refractivity contribution < 1.29 is 9.53 Å². The molecule has 0 aliphatic rings. The molecule has 1 heterocycles. The molecule has 0 fully saturated rings. The van der Waals surface area contributed by atoms with Crippen molar-refractivity contribution in [1.82, 2.24) is 5.32 Å². The quantitative estimate of drug-likeness (QED) is 0.690. The average Bonchev–Trinajstić information content (AvgIpc) is 2.91. The van der Waals surface area contributed by atoms with Crippen molar-refractivity contribution >= 4 is 17.4 Å². The van der Waals surface area contributed by atoms with Gasteiger partial charge in [0.15, 0.2) is 0 Å². The Hall–Kier alpha value is -2.25. The van der Waals surface area contributed by atoms with E-state index in [4.69, 9.17) is 4.74 Å². The van der Waals surface area contributed by atoms with E-state index < -0.39 is 6.09 Å². The molecule has 2 aromatic rings. The van der Waals surface area contributed by atoms with E-state index in [1.807, 2.05) is 42.6 Å². The van der Waals surface area contributed by atoms with Crippen LogP contribution in [0.4, 0.5) is 4.79 Å². The summed E-state index contributed by atoms with van der Waals surface area (Å²) in [7, 11) is 0. The zero-order chi connectivity index (χ0) is 14.9. The number of amides is 1. The molecule has 3 nitrogen and oxygen atoms in total. The third kappa shape index (κ3) is 5.33. The summed E-state index contributed by atoms with van der Waals surface area (Å²) >= 11 is 1.65. The molecule has 0 aliphatic heterocycles. The lowest BCUT2D eigenvalue weighted by atomic mass is 10.2. The second-order valence-corrected chi connectivity index (χ2v) is 5.25. The molecule has 0 radical (unpaired) electrons. The highest BCUT2D eigenvalue weighted by Gasteiger charge is 2.00. The maximum absolute atomic E-state index is 11.5. The van der Waals surface area contributed by atoms with E-state index in [2.05, 4.69) is 22.5 Å². The molecule has 2 rings (SSSR count). The minimum atomic E-state index is -0.410. The van der Waals surface area contributed by atoms with Crippen molar-refractivity contribution in [1.29, 1.82) is 0 Å². The molecule has 108 valence electrons. The number of hydrogen-bond acceptors (Lipinski definition) is 3. The third-order valence-corrected chi connectivity index (χ3v) is 3.67. The number of ether oxygens (including phenoxy) is 1. The molecule has 0 atom stereocenters. The number of thiophene rings is 1. The van der Waals surface area contributed by atoms with Crippen molar-refractivity contribution in [3.05, 3.63) is 57.8 Å². The van der Waals surface area contributed by atoms with Gasteiger partial charge in [-0.2, -0.15) is 11.3 Å². The molecular weight excluding hydrogens is 282 g/mol. The van der Waals surface area contributed by atoms with E-state index in [-0.39, 0.29) is 6.61 Å². The topological polar surface area (TPSA) is 38.3 Å². The van der Waals surface area contributed by atoms with Crippen LogP contribution in [0.1, 0.15) is 23.1 Å². The van der Waals surface area contributed by atoms with Gasteiger partial charge in [-0.05, 0) is 23.4 Å². The Labute approximate surface area is 129 Å². The van der Waals surface area contributed by atoms with Crippen LogP contribution < -0.4 is 5.32 Å². The Bertz CT molecular complexity index is 638. The molecule has 0 spiro atoms. The molecule has 1 aromatic heterocycles. The highest BCUT2D eigenvalue weighted by molar-refractivity contribution is 7.08. The van der Waals surface area contributed by atoms with Crippen LogP contribution in [-0.2, 0) is 11.3 Å². The number of benzene rings is 1. The molecule has 0 saturated heterocycles. The molecular formula is C17H17NO2S. The number of carbonyl (C=O) groups is 1. The first-order valence-corrected chi connectivity index (χ1v) is 7.66. The normalized spacial score (nSPS) is 9.57. The first kappa shape index (κ1) is 15.1. The summed E-state index contributed by atoms with van der Waals surface area (Å²) in [5, 5.41) is 6.79. The number of aryl methyl sites for hydroxylation is 1. The number of carbonyl (C=O) groups excluding carboxylic acids is 1. The van der Waals surface area contributed by atoms with E-state index in [9.17, 15) is 4.79 Å². The molecule has 1 N–H and O–H groups in total. The summed E-state index contributed by atoms with van der Waals surface area (Å²) in [6.45, 7) is 2.82. The molecule has 4 heteroatoms. The van der Waals surface area contributed by atoms with Crippen molar-refractivity contribution in [2.45, 2.75) is 20.0 Å². The molecule has 0 saturated carbocycles. The monoisotopic (exact) mass is 299 g/mol. The second kappa shape index (κ2) is 8.13. The largest absolute Gasteiger partial charge is 0.445 e. The van der Waals surface area contributed by atoms with Crippen LogP contribution in [0.3, 0.4) is 0 Å². The first-order valence-electron chi connectivity index (χ1n) is 6.72. The van der Waals surface area contributed by atoms with Gasteiger partial charge in [-0.3, -0.25) is 0 Å². The van der Waals surface area contributed by atoms with Gasteiger partial charge in [0.2, 0.25) is 0 Å². The van der Waals surface area contributed by atoms with Crippen molar-refractivity contribution in [2.75, 3.05) is 6.54 Å². The van der Waals surface area contributed by atoms with E-state index >= 15 is 0 Å². The SMILES string of the molecule is Cc1cscc1C#CCCNC(=O)OCc1ccccc1. The van der Waals surface area contributed by atoms with Crippen molar-refractivity contribution in [3.63, 3.8) is 0 Å². The van der Waals surface area contributed by atoms with Gasteiger partial charge < -0.3 is 10.1 Å². The van der Waals surface area contributed by atoms with Crippen LogP contribution in [0, 0.1) is 18.8 Å². The lowest BCUT2D eigenvalue weighted by Gasteiger charge is -2.05. The first-order chi connectivity index (χ1) is 10.3. The molecule has 1 aromatic carbocycles. The van der Waals surface area contributed by atoms with Gasteiger partial charge in [-0.25, -0.2) is 4.79 Å². The number of hydrogen-bond donors (Lipinski definition) is 1. The number of nitrogens with one attached hydrogen (secondary N) is 1. The van der Waals surface area contributed by atoms with Crippen LogP contribution in [0.2, 0.25) is 0 Å². The maximum atomic E-state index is 11.5. The van der Waals surface area contributed by atoms with Crippen LogP contribution in [0.5, 0.6) is 0 Å². The van der Waals surface area contributed by atoms with E-state index in [1.54, 1.807) is 11.3 Å². The Balaban J connectivity index is 1.64. The van der Waals surface area contributed by atoms with Crippen molar-refractivity contribution in [3.8, 4) is 11.8 Å². The predicted molar refractivity (Wildman–Crippen MR) is 85.2 cm³/mol. The maximum Gasteiger partial charge on any atom is 0.407 e. The van der Waals surface area contributed by atoms with Crippen LogP contribution in [0.25, 0.3) is 0 Å². The number of alkyl carbamates (subject to hydrolysis) is 1. The van der Waals surface area contributed by atoms with Gasteiger partial charge >= 0.3 is 6.09 Å². The van der Waals surface area contributed by atoms with Crippen LogP contribution in [0.15, 0.2) is 41.1 Å². The molecule has 1 amide bonds. The summed E-state index contributed by atoms with van der Waals surface area (Å²) < 4.78 is 5.10. The highest BCUT2D eigenvalue weighted by Crippen LogP contribution is 2.11. The Morgan fingerprint density at radius 1 is 1.29 bits per heavy atom. The van der Waals surface area contributed by atoms with E-state index in [0.29, 0.717) is 13.0 Å². The fourth-order valence-electron chi connectivity index (χ4n) is 1.65. The Kier molecular flexibility index (Phi) is 5.86. The fraction of sp³-hybridized carbons (Fsp3) is 0.235. The summed E-state index contributed by atoms with van der Waals surface area (Å²) in [6, 6.07) is 9.60. The summed E-state index contributed by atoms with van der Waals surface area (Å²) in [5.74, 6) is 6.14. The molecule has 0 unspecified atom stereocenters. The molecule has 21 heavy (non-hydrogen) atoms. The minimum Gasteiger partial charge on any atom is -0.445 e. The van der Waals surface area contributed by atoms with Crippen LogP contribution >= 0.6 is 11.3 Å². The van der Waals surface area contributed by atoms with Gasteiger partial charge in [-0.15, -0.1) is 0 Å². The predicted octanol–water partition coefficient (Wildman–Crippen LogP) is 3.72. The average molecular weight is 299 g/mol. The smallest absolute Gasteiger partial charge is 0.407 e. The lowest BCUT2D eigenvalue weighted by molar-refractivity contribution is 0.140. The highest BCUT2D eigenvalue weighted by atomic mass is 32.1. The van der Waals surface area contributed by atoms with Gasteiger partial charge in [0.1, 0.15) is 6.61 Å². The van der Waals surface area contributed by atoms with Gasteiger partial charge in [-0.1, -0.05) is 42.2 Å². The minimum absolute atomic E-state index is 0.284. The summed E-state index contributed by atoms with van der Waals surface area (Å²) in [6.07, 6.45) is 0.197. The van der Waals surface area contributed by atoms with Crippen LogP contribution in [-0.4, -0.2) is 12.6 Å².